The molecule has 3 heteroatoms. The average Bonchev–Trinajstić information content (AvgIpc) is 2.76. The molecule has 0 radical (unpaired) electrons. The van der Waals surface area contributed by atoms with Crippen LogP contribution in [0.15, 0.2) is 42.5 Å². The Labute approximate surface area is 129 Å². The summed E-state index contributed by atoms with van der Waals surface area (Å²) in [7, 11) is 1.69. The first-order valence-electron chi connectivity index (χ1n) is 6.73. The van der Waals surface area contributed by atoms with Gasteiger partial charge in [0.1, 0.15) is 5.75 Å². The van der Waals surface area contributed by atoms with E-state index in [9.17, 15) is 0 Å². The lowest BCUT2D eigenvalue weighted by molar-refractivity contribution is 0.404. The average molecular weight is 307 g/mol. The molecule has 0 heterocycles. The third-order valence-corrected chi connectivity index (χ3v) is 4.80. The van der Waals surface area contributed by atoms with Gasteiger partial charge in [-0.05, 0) is 53.6 Å². The normalized spacial score (nSPS) is 20.8. The highest BCUT2D eigenvalue weighted by Crippen LogP contribution is 2.43. The second-order valence-electron chi connectivity index (χ2n) is 5.23. The maximum Gasteiger partial charge on any atom is 0.122 e. The van der Waals surface area contributed by atoms with Crippen molar-refractivity contribution in [3.8, 4) is 5.75 Å². The van der Waals surface area contributed by atoms with E-state index in [4.69, 9.17) is 27.9 Å². The summed E-state index contributed by atoms with van der Waals surface area (Å²) in [6.45, 7) is 0. The fourth-order valence-electron chi connectivity index (χ4n) is 2.99. The van der Waals surface area contributed by atoms with Crippen molar-refractivity contribution in [2.24, 2.45) is 5.92 Å². The molecule has 0 fully saturated rings. The molecular formula is C17H16Cl2O. The number of hydrogen-bond donors (Lipinski definition) is 0. The summed E-state index contributed by atoms with van der Waals surface area (Å²) in [6, 6.07) is 14.2. The molecule has 104 valence electrons. The molecule has 0 amide bonds. The lowest BCUT2D eigenvalue weighted by atomic mass is 9.95. The highest BCUT2D eigenvalue weighted by molar-refractivity contribution is 6.30. The molecule has 0 aliphatic heterocycles. The fraction of sp³-hybridized carbons (Fsp3) is 0.294. The van der Waals surface area contributed by atoms with Gasteiger partial charge in [0.15, 0.2) is 0 Å². The highest BCUT2D eigenvalue weighted by atomic mass is 35.5. The molecule has 20 heavy (non-hydrogen) atoms. The molecule has 0 bridgehead atoms. The van der Waals surface area contributed by atoms with Crippen molar-refractivity contribution in [2.45, 2.75) is 18.2 Å². The van der Waals surface area contributed by atoms with Crippen LogP contribution in [0.25, 0.3) is 0 Å². The van der Waals surface area contributed by atoms with Gasteiger partial charge in [-0.2, -0.15) is 0 Å². The number of alkyl halides is 1. The molecular weight excluding hydrogens is 291 g/mol. The molecule has 2 aromatic rings. The number of fused-ring (bicyclic) bond motifs is 1. The van der Waals surface area contributed by atoms with E-state index in [2.05, 4.69) is 24.3 Å². The molecule has 0 saturated carbocycles. The van der Waals surface area contributed by atoms with Crippen molar-refractivity contribution in [3.63, 3.8) is 0 Å². The van der Waals surface area contributed by atoms with Crippen LogP contribution in [-0.2, 0) is 12.8 Å². The molecule has 1 nitrogen and oxygen atoms in total. The van der Waals surface area contributed by atoms with Crippen LogP contribution in [0.2, 0.25) is 5.02 Å². The summed E-state index contributed by atoms with van der Waals surface area (Å²) in [5.74, 6) is 1.27. The molecule has 3 rings (SSSR count). The molecule has 0 spiro atoms. The first-order chi connectivity index (χ1) is 9.69. The molecule has 1 aliphatic rings. The zero-order valence-electron chi connectivity index (χ0n) is 11.3. The van der Waals surface area contributed by atoms with Crippen molar-refractivity contribution in [2.75, 3.05) is 7.11 Å². The topological polar surface area (TPSA) is 9.23 Å². The number of hydrogen-bond acceptors (Lipinski definition) is 1. The summed E-state index contributed by atoms with van der Waals surface area (Å²) in [4.78, 5) is 0. The van der Waals surface area contributed by atoms with Crippen LogP contribution < -0.4 is 4.74 Å². The van der Waals surface area contributed by atoms with E-state index in [0.29, 0.717) is 5.92 Å². The first kappa shape index (κ1) is 13.8. The highest BCUT2D eigenvalue weighted by Gasteiger charge is 2.31. The largest absolute Gasteiger partial charge is 0.496 e. The predicted molar refractivity (Wildman–Crippen MR) is 83.9 cm³/mol. The van der Waals surface area contributed by atoms with E-state index in [1.54, 1.807) is 7.11 Å². The molecule has 0 saturated heterocycles. The molecule has 2 atom stereocenters. The van der Waals surface area contributed by atoms with Gasteiger partial charge in [0, 0.05) is 5.02 Å². The smallest absolute Gasteiger partial charge is 0.122 e. The SMILES string of the molecule is COc1ccc(Cl)cc1CC1Cc2ccccc2C1Cl. The molecule has 0 N–H and O–H groups in total. The maximum absolute atomic E-state index is 6.62. The minimum atomic E-state index is 0.0647. The monoisotopic (exact) mass is 306 g/mol. The van der Waals surface area contributed by atoms with Gasteiger partial charge in [-0.1, -0.05) is 35.9 Å². The zero-order valence-corrected chi connectivity index (χ0v) is 12.8. The van der Waals surface area contributed by atoms with Crippen LogP contribution in [0.3, 0.4) is 0 Å². The summed E-state index contributed by atoms with van der Waals surface area (Å²) < 4.78 is 5.42. The van der Waals surface area contributed by atoms with Gasteiger partial charge in [-0.15, -0.1) is 11.6 Å². The van der Waals surface area contributed by atoms with E-state index in [0.717, 1.165) is 29.2 Å². The van der Waals surface area contributed by atoms with Crippen LogP contribution >= 0.6 is 23.2 Å². The Kier molecular flexibility index (Phi) is 3.91. The lowest BCUT2D eigenvalue weighted by Gasteiger charge is -2.16. The molecule has 2 aromatic carbocycles. The third-order valence-electron chi connectivity index (χ3n) is 3.97. The maximum atomic E-state index is 6.62. The second kappa shape index (κ2) is 5.67. The van der Waals surface area contributed by atoms with E-state index < -0.39 is 0 Å². The Balaban J connectivity index is 1.85. The van der Waals surface area contributed by atoms with E-state index >= 15 is 0 Å². The molecule has 2 unspecified atom stereocenters. The number of halogens is 2. The van der Waals surface area contributed by atoms with E-state index in [-0.39, 0.29) is 5.38 Å². The number of ether oxygens (including phenoxy) is 1. The van der Waals surface area contributed by atoms with Crippen molar-refractivity contribution < 1.29 is 4.74 Å². The Bertz CT molecular complexity index is 624. The number of benzene rings is 2. The predicted octanol–water partition coefficient (Wildman–Crippen LogP) is 5.04. The first-order valence-corrected chi connectivity index (χ1v) is 7.54. The van der Waals surface area contributed by atoms with Crippen molar-refractivity contribution in [1.82, 2.24) is 0 Å². The summed E-state index contributed by atoms with van der Waals surface area (Å²) in [5, 5.41) is 0.803. The minimum absolute atomic E-state index is 0.0647. The Morgan fingerprint density at radius 3 is 2.75 bits per heavy atom. The van der Waals surface area contributed by atoms with Crippen molar-refractivity contribution in [1.29, 1.82) is 0 Å². The fourth-order valence-corrected chi connectivity index (χ4v) is 3.58. The number of methoxy groups -OCH3 is 1. The molecule has 0 aromatic heterocycles. The van der Waals surface area contributed by atoms with Gasteiger partial charge in [-0.3, -0.25) is 0 Å². The summed E-state index contributed by atoms with van der Waals surface area (Å²) in [5.41, 5.74) is 3.75. The Morgan fingerprint density at radius 2 is 2.00 bits per heavy atom. The van der Waals surface area contributed by atoms with Crippen LogP contribution in [0.4, 0.5) is 0 Å². The standard InChI is InChI=1S/C17H16Cl2O/c1-20-16-7-6-14(18)10-12(16)9-13-8-11-4-2-3-5-15(11)17(13)19/h2-7,10,13,17H,8-9H2,1H3. The summed E-state index contributed by atoms with van der Waals surface area (Å²) >= 11 is 12.7. The van der Waals surface area contributed by atoms with Gasteiger partial charge in [0.25, 0.3) is 0 Å². The van der Waals surface area contributed by atoms with Gasteiger partial charge < -0.3 is 4.74 Å². The van der Waals surface area contributed by atoms with Crippen LogP contribution in [0.5, 0.6) is 5.75 Å². The van der Waals surface area contributed by atoms with Crippen LogP contribution in [-0.4, -0.2) is 7.11 Å². The van der Waals surface area contributed by atoms with Crippen LogP contribution in [0.1, 0.15) is 22.1 Å². The Hall–Kier alpha value is -1.18. The second-order valence-corrected chi connectivity index (χ2v) is 6.13. The van der Waals surface area contributed by atoms with Gasteiger partial charge >= 0.3 is 0 Å². The quantitative estimate of drug-likeness (QED) is 0.722. The van der Waals surface area contributed by atoms with E-state index in [1.165, 1.54) is 11.1 Å². The minimum Gasteiger partial charge on any atom is -0.496 e. The van der Waals surface area contributed by atoms with Gasteiger partial charge in [0.2, 0.25) is 0 Å². The molecule has 1 aliphatic carbocycles. The van der Waals surface area contributed by atoms with Gasteiger partial charge in [0.05, 0.1) is 12.5 Å². The van der Waals surface area contributed by atoms with Crippen LogP contribution in [0, 0.1) is 5.92 Å². The summed E-state index contributed by atoms with van der Waals surface area (Å²) in [6.07, 6.45) is 1.90. The van der Waals surface area contributed by atoms with E-state index in [1.807, 2.05) is 18.2 Å². The zero-order chi connectivity index (χ0) is 14.1. The third kappa shape index (κ3) is 2.53. The lowest BCUT2D eigenvalue weighted by Crippen LogP contribution is -2.08. The number of rotatable bonds is 3. The Morgan fingerprint density at radius 1 is 1.20 bits per heavy atom. The van der Waals surface area contributed by atoms with Crippen molar-refractivity contribution in [3.05, 3.63) is 64.2 Å². The van der Waals surface area contributed by atoms with Crippen molar-refractivity contribution >= 4 is 23.2 Å². The van der Waals surface area contributed by atoms with Gasteiger partial charge in [-0.25, -0.2) is 0 Å².